The highest BCUT2D eigenvalue weighted by molar-refractivity contribution is 7.12. The second kappa shape index (κ2) is 7.21. The number of aromatic nitrogens is 1. The molecule has 0 unspecified atom stereocenters. The number of thiophene rings is 1. The lowest BCUT2D eigenvalue weighted by Crippen LogP contribution is -2.48. The summed E-state index contributed by atoms with van der Waals surface area (Å²) in [5.74, 6) is 0.339. The van der Waals surface area contributed by atoms with Gasteiger partial charge in [-0.1, -0.05) is 6.07 Å². The molecule has 6 nitrogen and oxygen atoms in total. The molecule has 2 aromatic heterocycles. The Morgan fingerprint density at radius 2 is 1.93 bits per heavy atom. The van der Waals surface area contributed by atoms with Crippen molar-refractivity contribution in [2.24, 2.45) is 0 Å². The Balaban J connectivity index is 1.50. The first-order valence-corrected chi connectivity index (χ1v) is 9.28. The van der Waals surface area contributed by atoms with Gasteiger partial charge in [0.2, 0.25) is 17.5 Å². The van der Waals surface area contributed by atoms with Crippen molar-refractivity contribution in [2.75, 3.05) is 31.1 Å². The van der Waals surface area contributed by atoms with Gasteiger partial charge in [-0.2, -0.15) is 10.2 Å². The van der Waals surface area contributed by atoms with Gasteiger partial charge in [0.1, 0.15) is 11.9 Å². The number of halogens is 1. The third-order valence-corrected chi connectivity index (χ3v) is 5.25. The zero-order valence-corrected chi connectivity index (χ0v) is 15.1. The first-order valence-electron chi connectivity index (χ1n) is 8.40. The molecule has 3 heterocycles. The molecule has 1 aromatic carbocycles. The number of nitriles is 1. The molecular formula is C19H15FN4O2S. The normalized spacial score (nSPS) is 14.2. The molecule has 1 saturated heterocycles. The monoisotopic (exact) mass is 382 g/mol. The molecule has 4 rings (SSSR count). The summed E-state index contributed by atoms with van der Waals surface area (Å²) in [4.78, 5) is 21.1. The highest BCUT2D eigenvalue weighted by Gasteiger charge is 2.27. The van der Waals surface area contributed by atoms with Crippen LogP contribution in [0, 0.1) is 17.1 Å². The number of rotatable bonds is 3. The molecule has 1 fully saturated rings. The summed E-state index contributed by atoms with van der Waals surface area (Å²) in [6, 6.07) is 11.5. The predicted octanol–water partition coefficient (Wildman–Crippen LogP) is 3.38. The van der Waals surface area contributed by atoms with Gasteiger partial charge < -0.3 is 14.2 Å². The van der Waals surface area contributed by atoms with Gasteiger partial charge in [0.05, 0.1) is 4.88 Å². The smallest absolute Gasteiger partial charge is 0.264 e. The number of anilines is 1. The maximum absolute atomic E-state index is 13.1. The number of hydrogen-bond acceptors (Lipinski definition) is 6. The molecule has 136 valence electrons. The van der Waals surface area contributed by atoms with E-state index in [0.717, 1.165) is 4.88 Å². The van der Waals surface area contributed by atoms with E-state index in [4.69, 9.17) is 4.42 Å². The van der Waals surface area contributed by atoms with Gasteiger partial charge in [0.25, 0.3) is 5.91 Å². The van der Waals surface area contributed by atoms with E-state index in [1.54, 1.807) is 17.0 Å². The van der Waals surface area contributed by atoms with E-state index < -0.39 is 0 Å². The van der Waals surface area contributed by atoms with Crippen molar-refractivity contribution in [3.63, 3.8) is 0 Å². The van der Waals surface area contributed by atoms with Crippen LogP contribution in [0.1, 0.15) is 15.4 Å². The average Bonchev–Trinajstić information content (AvgIpc) is 3.38. The molecular weight excluding hydrogens is 367 g/mol. The minimum absolute atomic E-state index is 0.0229. The van der Waals surface area contributed by atoms with E-state index in [1.165, 1.54) is 23.5 Å². The molecule has 0 aliphatic carbocycles. The summed E-state index contributed by atoms with van der Waals surface area (Å²) in [6.45, 7) is 2.16. The molecule has 0 radical (unpaired) electrons. The van der Waals surface area contributed by atoms with E-state index in [0.29, 0.717) is 37.6 Å². The van der Waals surface area contributed by atoms with Crippen molar-refractivity contribution in [2.45, 2.75) is 0 Å². The largest absolute Gasteiger partial charge is 0.419 e. The summed E-state index contributed by atoms with van der Waals surface area (Å²) in [7, 11) is 0. The zero-order chi connectivity index (χ0) is 18.8. The Morgan fingerprint density at radius 1 is 1.19 bits per heavy atom. The van der Waals surface area contributed by atoms with Gasteiger partial charge in [0, 0.05) is 31.7 Å². The molecule has 0 atom stereocenters. The Labute approximate surface area is 159 Å². The number of oxazole rings is 1. The van der Waals surface area contributed by atoms with E-state index >= 15 is 0 Å². The van der Waals surface area contributed by atoms with Gasteiger partial charge in [-0.05, 0) is 35.7 Å². The first kappa shape index (κ1) is 17.2. The number of benzene rings is 1. The zero-order valence-electron chi connectivity index (χ0n) is 14.3. The molecule has 1 aliphatic heterocycles. The third-order valence-electron chi connectivity index (χ3n) is 4.39. The Morgan fingerprint density at radius 3 is 2.56 bits per heavy atom. The van der Waals surface area contributed by atoms with Crippen molar-refractivity contribution in [1.29, 1.82) is 5.26 Å². The van der Waals surface area contributed by atoms with Gasteiger partial charge in [-0.25, -0.2) is 4.39 Å². The molecule has 0 bridgehead atoms. The number of carbonyl (C=O) groups excluding carboxylic acids is 1. The summed E-state index contributed by atoms with van der Waals surface area (Å²) in [5.41, 5.74) is 0.790. The maximum atomic E-state index is 13.1. The number of piperazine rings is 1. The maximum Gasteiger partial charge on any atom is 0.264 e. The van der Waals surface area contributed by atoms with Crippen molar-refractivity contribution in [1.82, 2.24) is 9.88 Å². The number of nitrogens with zero attached hydrogens (tertiary/aromatic N) is 4. The lowest BCUT2D eigenvalue weighted by Gasteiger charge is -2.34. The molecule has 1 aliphatic rings. The lowest BCUT2D eigenvalue weighted by atomic mass is 10.2. The topological polar surface area (TPSA) is 73.4 Å². The van der Waals surface area contributed by atoms with Crippen LogP contribution in [0.25, 0.3) is 11.5 Å². The molecule has 27 heavy (non-hydrogen) atoms. The van der Waals surface area contributed by atoms with Crippen LogP contribution in [-0.4, -0.2) is 42.0 Å². The summed E-state index contributed by atoms with van der Waals surface area (Å²) >= 11 is 1.43. The summed E-state index contributed by atoms with van der Waals surface area (Å²) in [6.07, 6.45) is 0. The van der Waals surface area contributed by atoms with Crippen LogP contribution in [0.15, 0.2) is 46.2 Å². The van der Waals surface area contributed by atoms with Crippen LogP contribution < -0.4 is 4.90 Å². The van der Waals surface area contributed by atoms with Crippen molar-refractivity contribution >= 4 is 23.1 Å². The van der Waals surface area contributed by atoms with E-state index in [1.807, 2.05) is 22.4 Å². The fraction of sp³-hybridized carbons (Fsp3) is 0.211. The van der Waals surface area contributed by atoms with E-state index in [9.17, 15) is 14.4 Å². The fourth-order valence-corrected chi connectivity index (χ4v) is 3.67. The fourth-order valence-electron chi connectivity index (χ4n) is 2.98. The van der Waals surface area contributed by atoms with Crippen LogP contribution in [0.5, 0.6) is 0 Å². The van der Waals surface area contributed by atoms with Crippen LogP contribution >= 0.6 is 11.3 Å². The molecule has 3 aromatic rings. The van der Waals surface area contributed by atoms with Crippen LogP contribution in [0.4, 0.5) is 10.3 Å². The second-order valence-corrected chi connectivity index (χ2v) is 7.00. The SMILES string of the molecule is N#Cc1nc(-c2ccc(F)cc2)oc1N1CCN(C(=O)c2cccs2)CC1. The highest BCUT2D eigenvalue weighted by Crippen LogP contribution is 2.29. The van der Waals surface area contributed by atoms with Gasteiger partial charge >= 0.3 is 0 Å². The number of hydrogen-bond donors (Lipinski definition) is 0. The summed E-state index contributed by atoms with van der Waals surface area (Å²) < 4.78 is 18.9. The number of carbonyl (C=O) groups is 1. The summed E-state index contributed by atoms with van der Waals surface area (Å²) in [5, 5.41) is 11.3. The molecule has 1 amide bonds. The quantitative estimate of drug-likeness (QED) is 0.694. The van der Waals surface area contributed by atoms with Crippen molar-refractivity contribution < 1.29 is 13.6 Å². The minimum atomic E-state index is -0.349. The third kappa shape index (κ3) is 3.41. The lowest BCUT2D eigenvalue weighted by molar-refractivity contribution is 0.0750. The van der Waals surface area contributed by atoms with Crippen molar-refractivity contribution in [3.05, 3.63) is 58.2 Å². The van der Waals surface area contributed by atoms with E-state index in [-0.39, 0.29) is 23.3 Å². The Hall–Kier alpha value is -3.18. The Bertz CT molecular complexity index is 984. The number of amides is 1. The van der Waals surface area contributed by atoms with Gasteiger partial charge in [-0.15, -0.1) is 11.3 Å². The standard InChI is InChI=1S/C19H15FN4O2S/c20-14-5-3-13(4-6-14)17-22-15(12-21)19(26-17)24-9-7-23(8-10-24)18(25)16-2-1-11-27-16/h1-6,11H,7-10H2. The average molecular weight is 382 g/mol. The van der Waals surface area contributed by atoms with Gasteiger partial charge in [-0.3, -0.25) is 4.79 Å². The van der Waals surface area contributed by atoms with E-state index in [2.05, 4.69) is 11.1 Å². The Kier molecular flexibility index (Phi) is 4.60. The van der Waals surface area contributed by atoms with Crippen LogP contribution in [-0.2, 0) is 0 Å². The first-order chi connectivity index (χ1) is 13.2. The predicted molar refractivity (Wildman–Crippen MR) is 99.0 cm³/mol. The van der Waals surface area contributed by atoms with Crippen molar-refractivity contribution in [3.8, 4) is 17.5 Å². The molecule has 0 saturated carbocycles. The molecule has 0 N–H and O–H groups in total. The van der Waals surface area contributed by atoms with Crippen LogP contribution in [0.2, 0.25) is 0 Å². The second-order valence-electron chi connectivity index (χ2n) is 6.05. The molecule has 8 heteroatoms. The van der Waals surface area contributed by atoms with Gasteiger partial charge in [0.15, 0.2) is 0 Å². The highest BCUT2D eigenvalue weighted by atomic mass is 32.1. The molecule has 0 spiro atoms. The minimum Gasteiger partial charge on any atom is -0.419 e. The van der Waals surface area contributed by atoms with Crippen LogP contribution in [0.3, 0.4) is 0 Å².